The van der Waals surface area contributed by atoms with Gasteiger partial charge in [-0.3, -0.25) is 0 Å². The molecule has 0 saturated heterocycles. The van der Waals surface area contributed by atoms with Gasteiger partial charge in [0.15, 0.2) is 0 Å². The highest BCUT2D eigenvalue weighted by atomic mass is 16.5. The van der Waals surface area contributed by atoms with Crippen LogP contribution in [0.5, 0.6) is 0 Å². The Morgan fingerprint density at radius 2 is 1.67 bits per heavy atom. The predicted molar refractivity (Wildman–Crippen MR) is 107 cm³/mol. The Morgan fingerprint density at radius 3 is 2.11 bits per heavy atom. The quantitative estimate of drug-likeness (QED) is 0.489. The number of esters is 2. The fraction of sp³-hybridized carbons (Fsp3) is 0.739. The maximum absolute atomic E-state index is 11.6. The maximum Gasteiger partial charge on any atom is 0.333 e. The monoisotopic (exact) mass is 376 g/mol. The zero-order chi connectivity index (χ0) is 20.2. The largest absolute Gasteiger partial charge is 0.459 e. The summed E-state index contributed by atoms with van der Waals surface area (Å²) in [6, 6.07) is 0. The summed E-state index contributed by atoms with van der Waals surface area (Å²) in [7, 11) is 0. The predicted octanol–water partition coefficient (Wildman–Crippen LogP) is 5.37. The Kier molecular flexibility index (Phi) is 6.93. The first-order valence-electron chi connectivity index (χ1n) is 10.3. The first-order chi connectivity index (χ1) is 12.6. The second-order valence-corrected chi connectivity index (χ2v) is 9.19. The van der Waals surface area contributed by atoms with Gasteiger partial charge in [-0.05, 0) is 63.2 Å². The summed E-state index contributed by atoms with van der Waals surface area (Å²) in [5.74, 6) is 0.201. The molecule has 0 aromatic carbocycles. The summed E-state index contributed by atoms with van der Waals surface area (Å²) < 4.78 is 10.7. The molecule has 3 fully saturated rings. The number of fused-ring (bicyclic) bond motifs is 2. The van der Waals surface area contributed by atoms with Gasteiger partial charge in [0.05, 0.1) is 0 Å². The molecule has 1 unspecified atom stereocenters. The van der Waals surface area contributed by atoms with Gasteiger partial charge in [-0.25, -0.2) is 9.59 Å². The van der Waals surface area contributed by atoms with Gasteiger partial charge in [-0.2, -0.15) is 0 Å². The lowest BCUT2D eigenvalue weighted by Crippen LogP contribution is -2.38. The summed E-state index contributed by atoms with van der Waals surface area (Å²) in [5.41, 5.74) is 0.958. The number of carbonyl (C=O) groups is 2. The molecule has 0 radical (unpaired) electrons. The molecule has 4 nitrogen and oxygen atoms in total. The SMILES string of the molecule is C=C(C)C(=O)OC1C[C@H]2CC[C@@]1(C)C2(C)C.C=CC(=O)OC1CCCCC1. The molecule has 0 amide bonds. The molecule has 0 heterocycles. The van der Waals surface area contributed by atoms with E-state index >= 15 is 0 Å². The van der Waals surface area contributed by atoms with Gasteiger partial charge in [0.25, 0.3) is 0 Å². The van der Waals surface area contributed by atoms with Gasteiger partial charge in [0.1, 0.15) is 12.2 Å². The van der Waals surface area contributed by atoms with E-state index < -0.39 is 0 Å². The number of carbonyl (C=O) groups excluding carboxylic acids is 2. The van der Waals surface area contributed by atoms with Crippen LogP contribution < -0.4 is 0 Å². The minimum Gasteiger partial charge on any atom is -0.459 e. The van der Waals surface area contributed by atoms with Crippen molar-refractivity contribution in [2.45, 2.75) is 91.3 Å². The molecule has 4 heteroatoms. The molecular formula is C23H36O4. The van der Waals surface area contributed by atoms with E-state index in [0.29, 0.717) is 16.9 Å². The summed E-state index contributed by atoms with van der Waals surface area (Å²) in [5, 5.41) is 0. The van der Waals surface area contributed by atoms with Crippen LogP contribution in [0, 0.1) is 16.7 Å². The highest BCUT2D eigenvalue weighted by Gasteiger charge is 2.62. The normalized spacial score (nSPS) is 31.4. The molecule has 0 N–H and O–H groups in total. The molecule has 0 spiro atoms. The molecule has 3 aliphatic carbocycles. The Bertz CT molecular complexity index is 585. The third-order valence-corrected chi connectivity index (χ3v) is 7.31. The van der Waals surface area contributed by atoms with Crippen LogP contribution in [-0.2, 0) is 19.1 Å². The van der Waals surface area contributed by atoms with Gasteiger partial charge in [0.2, 0.25) is 0 Å². The zero-order valence-electron chi connectivity index (χ0n) is 17.5. The Labute approximate surface area is 164 Å². The highest BCUT2D eigenvalue weighted by molar-refractivity contribution is 5.87. The van der Waals surface area contributed by atoms with Crippen molar-refractivity contribution in [1.29, 1.82) is 0 Å². The van der Waals surface area contributed by atoms with Crippen molar-refractivity contribution in [2.75, 3.05) is 0 Å². The van der Waals surface area contributed by atoms with Crippen LogP contribution in [0.25, 0.3) is 0 Å². The van der Waals surface area contributed by atoms with Gasteiger partial charge in [0, 0.05) is 17.1 Å². The number of rotatable bonds is 4. The summed E-state index contributed by atoms with van der Waals surface area (Å²) in [6.45, 7) is 15.6. The average Bonchev–Trinajstić information content (AvgIpc) is 2.96. The van der Waals surface area contributed by atoms with Crippen LogP contribution in [0.1, 0.15) is 79.1 Å². The van der Waals surface area contributed by atoms with Crippen molar-refractivity contribution in [2.24, 2.45) is 16.7 Å². The fourth-order valence-corrected chi connectivity index (χ4v) is 4.93. The topological polar surface area (TPSA) is 52.6 Å². The first kappa shape index (κ1) is 21.7. The molecule has 3 atom stereocenters. The lowest BCUT2D eigenvalue weighted by Gasteiger charge is -2.38. The minimum atomic E-state index is -0.281. The van der Waals surface area contributed by atoms with E-state index in [2.05, 4.69) is 33.9 Å². The van der Waals surface area contributed by atoms with Crippen LogP contribution in [0.2, 0.25) is 0 Å². The molecule has 2 bridgehead atoms. The lowest BCUT2D eigenvalue weighted by atomic mass is 9.70. The summed E-state index contributed by atoms with van der Waals surface area (Å²) >= 11 is 0. The highest BCUT2D eigenvalue weighted by Crippen LogP contribution is 2.66. The van der Waals surface area contributed by atoms with Crippen molar-refractivity contribution in [3.63, 3.8) is 0 Å². The van der Waals surface area contributed by atoms with Crippen molar-refractivity contribution in [3.8, 4) is 0 Å². The van der Waals surface area contributed by atoms with Gasteiger partial charge in [-0.1, -0.05) is 40.3 Å². The van der Waals surface area contributed by atoms with Crippen LogP contribution in [-0.4, -0.2) is 24.1 Å². The Balaban J connectivity index is 0.000000208. The zero-order valence-corrected chi connectivity index (χ0v) is 17.5. The second kappa shape index (κ2) is 8.62. The van der Waals surface area contributed by atoms with Crippen LogP contribution >= 0.6 is 0 Å². The van der Waals surface area contributed by atoms with E-state index in [9.17, 15) is 9.59 Å². The van der Waals surface area contributed by atoms with Crippen molar-refractivity contribution < 1.29 is 19.1 Å². The van der Waals surface area contributed by atoms with E-state index in [0.717, 1.165) is 19.3 Å². The maximum atomic E-state index is 11.6. The van der Waals surface area contributed by atoms with E-state index in [-0.39, 0.29) is 29.6 Å². The molecule has 3 aliphatic rings. The van der Waals surface area contributed by atoms with Gasteiger partial charge < -0.3 is 9.47 Å². The molecule has 0 aliphatic heterocycles. The van der Waals surface area contributed by atoms with Crippen molar-refractivity contribution >= 4 is 11.9 Å². The van der Waals surface area contributed by atoms with E-state index in [4.69, 9.17) is 9.47 Å². The van der Waals surface area contributed by atoms with E-state index in [1.807, 2.05) is 0 Å². The second-order valence-electron chi connectivity index (χ2n) is 9.19. The lowest BCUT2D eigenvalue weighted by molar-refractivity contribution is -0.152. The molecular weight excluding hydrogens is 340 g/mol. The molecule has 3 rings (SSSR count). The summed E-state index contributed by atoms with van der Waals surface area (Å²) in [4.78, 5) is 22.3. The Morgan fingerprint density at radius 1 is 1.04 bits per heavy atom. The third kappa shape index (κ3) is 4.64. The number of ether oxygens (including phenoxy) is 2. The van der Waals surface area contributed by atoms with E-state index in [1.54, 1.807) is 6.92 Å². The fourth-order valence-electron chi connectivity index (χ4n) is 4.93. The van der Waals surface area contributed by atoms with E-state index in [1.165, 1.54) is 38.2 Å². The number of hydrogen-bond acceptors (Lipinski definition) is 4. The molecule has 27 heavy (non-hydrogen) atoms. The smallest absolute Gasteiger partial charge is 0.333 e. The molecule has 0 aromatic heterocycles. The minimum absolute atomic E-state index is 0.0884. The van der Waals surface area contributed by atoms with Crippen molar-refractivity contribution in [1.82, 2.24) is 0 Å². The Hall–Kier alpha value is -1.58. The van der Waals surface area contributed by atoms with Crippen molar-refractivity contribution in [3.05, 3.63) is 24.8 Å². The summed E-state index contributed by atoms with van der Waals surface area (Å²) in [6.07, 6.45) is 10.7. The van der Waals surface area contributed by atoms with Crippen LogP contribution in [0.15, 0.2) is 24.8 Å². The molecule has 152 valence electrons. The average molecular weight is 377 g/mol. The first-order valence-corrected chi connectivity index (χ1v) is 10.3. The van der Waals surface area contributed by atoms with Crippen LogP contribution in [0.4, 0.5) is 0 Å². The number of hydrogen-bond donors (Lipinski definition) is 0. The molecule has 3 saturated carbocycles. The van der Waals surface area contributed by atoms with Gasteiger partial charge in [-0.15, -0.1) is 0 Å². The van der Waals surface area contributed by atoms with Gasteiger partial charge >= 0.3 is 11.9 Å². The van der Waals surface area contributed by atoms with Crippen LogP contribution in [0.3, 0.4) is 0 Å². The standard InChI is InChI=1S/C14H22O2.C9H14O2/c1-9(2)12(15)16-11-8-10-6-7-14(11,5)13(10,3)4;1-2-9(10)11-8-6-4-3-5-7-8/h10-11H,1,6-8H2,2-5H3;2,8H,1,3-7H2/t10-,11?,14-;/m1./s1. The third-order valence-electron chi connectivity index (χ3n) is 7.31. The molecule has 0 aromatic rings.